The summed E-state index contributed by atoms with van der Waals surface area (Å²) in [6.45, 7) is 2.15. The molecule has 0 aromatic heterocycles. The van der Waals surface area contributed by atoms with Gasteiger partial charge in [0.05, 0.1) is 5.02 Å². The second kappa shape index (κ2) is 4.96. The fourth-order valence-electron chi connectivity index (χ4n) is 2.01. The van der Waals surface area contributed by atoms with E-state index in [0.717, 1.165) is 12.8 Å². The van der Waals surface area contributed by atoms with Crippen LogP contribution in [0.15, 0.2) is 18.2 Å². The molecular formula is C13H16ClNO2. The van der Waals surface area contributed by atoms with Gasteiger partial charge in [0.15, 0.2) is 0 Å². The van der Waals surface area contributed by atoms with Crippen LogP contribution in [-0.4, -0.2) is 17.1 Å². The Morgan fingerprint density at radius 3 is 3.00 bits per heavy atom. The lowest BCUT2D eigenvalue weighted by molar-refractivity contribution is 0.0949. The molecule has 4 heteroatoms. The number of rotatable bonds is 4. The summed E-state index contributed by atoms with van der Waals surface area (Å²) in [5.74, 6) is 0.519. The van der Waals surface area contributed by atoms with E-state index in [1.165, 1.54) is 18.6 Å². The number of amides is 1. The third-order valence-corrected chi connectivity index (χ3v) is 3.41. The minimum atomic E-state index is -0.115. The lowest BCUT2D eigenvalue weighted by Gasteiger charge is -2.05. The summed E-state index contributed by atoms with van der Waals surface area (Å²) in [5, 5.41) is 12.4. The molecule has 1 fully saturated rings. The van der Waals surface area contributed by atoms with Crippen molar-refractivity contribution in [2.24, 2.45) is 5.92 Å². The van der Waals surface area contributed by atoms with Crippen LogP contribution >= 0.6 is 11.6 Å². The molecule has 17 heavy (non-hydrogen) atoms. The Labute approximate surface area is 106 Å². The van der Waals surface area contributed by atoms with Gasteiger partial charge in [-0.1, -0.05) is 24.9 Å². The average molecular weight is 254 g/mol. The van der Waals surface area contributed by atoms with Gasteiger partial charge in [-0.05, 0) is 37.0 Å². The third-order valence-electron chi connectivity index (χ3n) is 3.11. The molecule has 1 aliphatic rings. The quantitative estimate of drug-likeness (QED) is 0.867. The molecular weight excluding hydrogens is 238 g/mol. The maximum Gasteiger partial charge on any atom is 0.251 e. The van der Waals surface area contributed by atoms with Gasteiger partial charge in [0.25, 0.3) is 5.91 Å². The van der Waals surface area contributed by atoms with Crippen molar-refractivity contribution in [3.05, 3.63) is 28.8 Å². The number of aromatic hydroxyl groups is 1. The van der Waals surface area contributed by atoms with Crippen LogP contribution < -0.4 is 5.32 Å². The molecule has 2 unspecified atom stereocenters. The molecule has 1 amide bonds. The predicted octanol–water partition coefficient (Wildman–Crippen LogP) is 2.96. The van der Waals surface area contributed by atoms with Crippen LogP contribution in [0, 0.1) is 5.92 Å². The van der Waals surface area contributed by atoms with Crippen LogP contribution in [-0.2, 0) is 0 Å². The Bertz CT molecular complexity index is 433. The molecule has 1 saturated carbocycles. The summed E-state index contributed by atoms with van der Waals surface area (Å²) in [5.41, 5.74) is 0.495. The van der Waals surface area contributed by atoms with E-state index >= 15 is 0 Å². The number of halogens is 1. The molecule has 0 saturated heterocycles. The second-order valence-corrected chi connectivity index (χ2v) is 4.94. The molecule has 2 rings (SSSR count). The molecule has 0 radical (unpaired) electrons. The topological polar surface area (TPSA) is 49.3 Å². The zero-order valence-electron chi connectivity index (χ0n) is 9.74. The Kier molecular flexibility index (Phi) is 3.57. The highest BCUT2D eigenvalue weighted by atomic mass is 35.5. The smallest absolute Gasteiger partial charge is 0.251 e. The van der Waals surface area contributed by atoms with Crippen LogP contribution in [0.5, 0.6) is 5.75 Å². The number of carbonyl (C=O) groups is 1. The largest absolute Gasteiger partial charge is 0.506 e. The molecule has 1 aromatic rings. The van der Waals surface area contributed by atoms with Gasteiger partial charge in [-0.2, -0.15) is 0 Å². The first-order valence-electron chi connectivity index (χ1n) is 5.91. The van der Waals surface area contributed by atoms with E-state index in [0.29, 0.717) is 17.5 Å². The lowest BCUT2D eigenvalue weighted by Crippen LogP contribution is -2.26. The van der Waals surface area contributed by atoms with Gasteiger partial charge in [-0.3, -0.25) is 4.79 Å². The van der Waals surface area contributed by atoms with Crippen molar-refractivity contribution in [1.82, 2.24) is 5.32 Å². The highest BCUT2D eigenvalue weighted by Crippen LogP contribution is 2.34. The molecule has 0 spiro atoms. The van der Waals surface area contributed by atoms with E-state index in [4.69, 9.17) is 11.6 Å². The van der Waals surface area contributed by atoms with Crippen molar-refractivity contribution < 1.29 is 9.90 Å². The van der Waals surface area contributed by atoms with E-state index in [2.05, 4.69) is 12.2 Å². The zero-order valence-corrected chi connectivity index (χ0v) is 10.5. The molecule has 92 valence electrons. The van der Waals surface area contributed by atoms with Crippen LogP contribution in [0.2, 0.25) is 5.02 Å². The maximum absolute atomic E-state index is 11.9. The van der Waals surface area contributed by atoms with Crippen LogP contribution in [0.1, 0.15) is 36.5 Å². The summed E-state index contributed by atoms with van der Waals surface area (Å²) < 4.78 is 0. The minimum absolute atomic E-state index is 0.00139. The summed E-state index contributed by atoms with van der Waals surface area (Å²) in [6, 6.07) is 4.82. The summed E-state index contributed by atoms with van der Waals surface area (Å²) in [4.78, 5) is 11.9. The minimum Gasteiger partial charge on any atom is -0.506 e. The van der Waals surface area contributed by atoms with Crippen molar-refractivity contribution in [2.45, 2.75) is 32.2 Å². The fourth-order valence-corrected chi connectivity index (χ4v) is 2.19. The Balaban J connectivity index is 1.94. The molecule has 2 atom stereocenters. The molecule has 3 nitrogen and oxygen atoms in total. The van der Waals surface area contributed by atoms with E-state index in [9.17, 15) is 9.90 Å². The lowest BCUT2D eigenvalue weighted by atomic mass is 10.2. The predicted molar refractivity (Wildman–Crippen MR) is 67.4 cm³/mol. The summed E-state index contributed by atoms with van der Waals surface area (Å²) >= 11 is 5.76. The van der Waals surface area contributed by atoms with Gasteiger partial charge >= 0.3 is 0 Å². The van der Waals surface area contributed by atoms with E-state index < -0.39 is 0 Å². The van der Waals surface area contributed by atoms with Crippen molar-refractivity contribution in [2.75, 3.05) is 0 Å². The normalized spacial score (nSPS) is 22.2. The highest BCUT2D eigenvalue weighted by Gasteiger charge is 2.37. The van der Waals surface area contributed by atoms with Gasteiger partial charge in [0.2, 0.25) is 0 Å². The SMILES string of the molecule is CCCC1CC1NC(=O)c1ccc(O)c(Cl)c1. The molecule has 2 N–H and O–H groups in total. The number of phenols is 1. The first-order chi connectivity index (χ1) is 8.11. The first kappa shape index (κ1) is 12.2. The van der Waals surface area contributed by atoms with Crippen molar-refractivity contribution in [3.8, 4) is 5.75 Å². The number of nitrogens with one attached hydrogen (secondary N) is 1. The van der Waals surface area contributed by atoms with Crippen LogP contribution in [0.4, 0.5) is 0 Å². The number of hydrogen-bond acceptors (Lipinski definition) is 2. The van der Waals surface area contributed by atoms with Crippen LogP contribution in [0.25, 0.3) is 0 Å². The van der Waals surface area contributed by atoms with Crippen molar-refractivity contribution in [3.63, 3.8) is 0 Å². The molecule has 0 heterocycles. The Morgan fingerprint density at radius 1 is 1.59 bits per heavy atom. The van der Waals surface area contributed by atoms with E-state index in [1.54, 1.807) is 6.07 Å². The second-order valence-electron chi connectivity index (χ2n) is 4.53. The third kappa shape index (κ3) is 2.91. The maximum atomic E-state index is 11.9. The number of hydrogen-bond donors (Lipinski definition) is 2. The summed E-state index contributed by atoms with van der Waals surface area (Å²) in [7, 11) is 0. The monoisotopic (exact) mass is 253 g/mol. The molecule has 1 aliphatic carbocycles. The van der Waals surface area contributed by atoms with Gasteiger partial charge < -0.3 is 10.4 Å². The van der Waals surface area contributed by atoms with Crippen molar-refractivity contribution >= 4 is 17.5 Å². The Hall–Kier alpha value is -1.22. The van der Waals surface area contributed by atoms with E-state index in [1.807, 2.05) is 0 Å². The average Bonchev–Trinajstić information content (AvgIpc) is 3.01. The Morgan fingerprint density at radius 2 is 2.35 bits per heavy atom. The fraction of sp³-hybridized carbons (Fsp3) is 0.462. The number of carbonyl (C=O) groups excluding carboxylic acids is 1. The molecule has 0 bridgehead atoms. The number of phenolic OH excluding ortho intramolecular Hbond substituents is 1. The highest BCUT2D eigenvalue weighted by molar-refractivity contribution is 6.32. The molecule has 0 aliphatic heterocycles. The standard InChI is InChI=1S/C13H16ClNO2/c1-2-3-8-7-11(8)15-13(17)9-4-5-12(16)10(14)6-9/h4-6,8,11,16H,2-3,7H2,1H3,(H,15,17). The number of benzene rings is 1. The van der Waals surface area contributed by atoms with Gasteiger partial charge in [0, 0.05) is 11.6 Å². The van der Waals surface area contributed by atoms with Crippen molar-refractivity contribution in [1.29, 1.82) is 0 Å². The van der Waals surface area contributed by atoms with Gasteiger partial charge in [-0.15, -0.1) is 0 Å². The van der Waals surface area contributed by atoms with Crippen LogP contribution in [0.3, 0.4) is 0 Å². The first-order valence-corrected chi connectivity index (χ1v) is 6.29. The van der Waals surface area contributed by atoms with E-state index in [-0.39, 0.29) is 16.7 Å². The van der Waals surface area contributed by atoms with Gasteiger partial charge in [0.1, 0.15) is 5.75 Å². The summed E-state index contributed by atoms with van der Waals surface area (Å²) in [6.07, 6.45) is 3.40. The zero-order chi connectivity index (χ0) is 12.4. The van der Waals surface area contributed by atoms with Gasteiger partial charge in [-0.25, -0.2) is 0 Å². The molecule has 1 aromatic carbocycles.